The number of hydrogen-bond acceptors (Lipinski definition) is 2. The Bertz CT molecular complexity index is 188. The fourth-order valence-electron chi connectivity index (χ4n) is 1.13. The van der Waals surface area contributed by atoms with E-state index in [9.17, 15) is 4.79 Å². The topological polar surface area (TPSA) is 32.3 Å². The standard InChI is InChI=1S/C11H22N2O/c1-6-7-13(10(4)5)11(14)8-12-9(2)3/h6,9-10,12H,1,7-8H2,2-5H3. The molecule has 0 spiro atoms. The van der Waals surface area contributed by atoms with Crippen LogP contribution in [0.5, 0.6) is 0 Å². The second-order valence-corrected chi connectivity index (χ2v) is 3.96. The first-order valence-electron chi connectivity index (χ1n) is 5.12. The molecule has 1 N–H and O–H groups in total. The van der Waals surface area contributed by atoms with Gasteiger partial charge in [0.2, 0.25) is 5.91 Å². The number of rotatable bonds is 6. The quantitative estimate of drug-likeness (QED) is 0.654. The summed E-state index contributed by atoms with van der Waals surface area (Å²) in [6, 6.07) is 0.575. The molecule has 0 aliphatic carbocycles. The average Bonchev–Trinajstić information content (AvgIpc) is 2.09. The van der Waals surface area contributed by atoms with E-state index >= 15 is 0 Å². The predicted octanol–water partition coefficient (Wildman–Crippen LogP) is 1.41. The molecule has 0 bridgehead atoms. The minimum atomic E-state index is 0.133. The van der Waals surface area contributed by atoms with E-state index in [4.69, 9.17) is 0 Å². The monoisotopic (exact) mass is 198 g/mol. The Kier molecular flexibility index (Phi) is 6.21. The van der Waals surface area contributed by atoms with E-state index < -0.39 is 0 Å². The fraction of sp³-hybridized carbons (Fsp3) is 0.727. The molecule has 0 aromatic rings. The summed E-state index contributed by atoms with van der Waals surface area (Å²) < 4.78 is 0. The van der Waals surface area contributed by atoms with Gasteiger partial charge in [-0.3, -0.25) is 4.79 Å². The minimum Gasteiger partial charge on any atom is -0.335 e. The third kappa shape index (κ3) is 5.02. The Hall–Kier alpha value is -0.830. The van der Waals surface area contributed by atoms with Gasteiger partial charge in [-0.1, -0.05) is 19.9 Å². The van der Waals surface area contributed by atoms with Gasteiger partial charge in [-0.25, -0.2) is 0 Å². The third-order valence-electron chi connectivity index (χ3n) is 1.93. The Labute approximate surface area is 87.2 Å². The largest absolute Gasteiger partial charge is 0.335 e. The highest BCUT2D eigenvalue weighted by molar-refractivity contribution is 5.78. The van der Waals surface area contributed by atoms with Crippen LogP contribution in [0.25, 0.3) is 0 Å². The van der Waals surface area contributed by atoms with Gasteiger partial charge in [-0.05, 0) is 13.8 Å². The number of hydrogen-bond donors (Lipinski definition) is 1. The normalized spacial score (nSPS) is 10.7. The molecule has 14 heavy (non-hydrogen) atoms. The number of nitrogens with zero attached hydrogens (tertiary/aromatic N) is 1. The molecule has 0 saturated heterocycles. The van der Waals surface area contributed by atoms with E-state index in [0.29, 0.717) is 19.1 Å². The van der Waals surface area contributed by atoms with Crippen LogP contribution in [0.1, 0.15) is 27.7 Å². The van der Waals surface area contributed by atoms with Crippen molar-refractivity contribution in [2.24, 2.45) is 0 Å². The van der Waals surface area contributed by atoms with Crippen molar-refractivity contribution in [2.75, 3.05) is 13.1 Å². The van der Waals surface area contributed by atoms with Crippen molar-refractivity contribution >= 4 is 5.91 Å². The van der Waals surface area contributed by atoms with Crippen molar-refractivity contribution in [3.8, 4) is 0 Å². The van der Waals surface area contributed by atoms with Crippen LogP contribution in [0.3, 0.4) is 0 Å². The number of nitrogens with one attached hydrogen (secondary N) is 1. The Morgan fingerprint density at radius 2 is 2.00 bits per heavy atom. The first-order valence-corrected chi connectivity index (χ1v) is 5.12. The SMILES string of the molecule is C=CCN(C(=O)CNC(C)C)C(C)C. The van der Waals surface area contributed by atoms with Crippen LogP contribution in [0.4, 0.5) is 0 Å². The van der Waals surface area contributed by atoms with Crippen LogP contribution in [-0.2, 0) is 4.79 Å². The summed E-state index contributed by atoms with van der Waals surface area (Å²) >= 11 is 0. The van der Waals surface area contributed by atoms with Crippen molar-refractivity contribution in [2.45, 2.75) is 39.8 Å². The lowest BCUT2D eigenvalue weighted by molar-refractivity contribution is -0.131. The number of carbonyl (C=O) groups excluding carboxylic acids is 1. The molecule has 0 unspecified atom stereocenters. The van der Waals surface area contributed by atoms with Gasteiger partial charge in [-0.15, -0.1) is 6.58 Å². The summed E-state index contributed by atoms with van der Waals surface area (Å²) in [6.45, 7) is 12.8. The first kappa shape index (κ1) is 13.2. The summed E-state index contributed by atoms with van der Waals surface area (Å²) in [5, 5.41) is 3.11. The van der Waals surface area contributed by atoms with Gasteiger partial charge >= 0.3 is 0 Å². The maximum atomic E-state index is 11.7. The van der Waals surface area contributed by atoms with Crippen LogP contribution in [0.2, 0.25) is 0 Å². The van der Waals surface area contributed by atoms with Crippen molar-refractivity contribution in [1.82, 2.24) is 10.2 Å². The van der Waals surface area contributed by atoms with Crippen molar-refractivity contribution in [1.29, 1.82) is 0 Å². The maximum absolute atomic E-state index is 11.7. The van der Waals surface area contributed by atoms with E-state index in [1.54, 1.807) is 6.08 Å². The zero-order chi connectivity index (χ0) is 11.1. The van der Waals surface area contributed by atoms with Crippen LogP contribution in [-0.4, -0.2) is 36.0 Å². The van der Waals surface area contributed by atoms with Gasteiger partial charge in [0.05, 0.1) is 6.54 Å². The molecule has 0 saturated carbocycles. The van der Waals surface area contributed by atoms with E-state index in [1.165, 1.54) is 0 Å². The molecule has 1 amide bonds. The van der Waals surface area contributed by atoms with Crippen LogP contribution < -0.4 is 5.32 Å². The van der Waals surface area contributed by atoms with Gasteiger partial charge in [0.15, 0.2) is 0 Å². The lowest BCUT2D eigenvalue weighted by Crippen LogP contribution is -2.43. The zero-order valence-corrected chi connectivity index (χ0v) is 9.71. The summed E-state index contributed by atoms with van der Waals surface area (Å²) in [5.41, 5.74) is 0. The summed E-state index contributed by atoms with van der Waals surface area (Å²) in [5.74, 6) is 0.133. The predicted molar refractivity (Wildman–Crippen MR) is 60.2 cm³/mol. The lowest BCUT2D eigenvalue weighted by atomic mass is 10.3. The molecule has 0 fully saturated rings. The molecule has 0 rings (SSSR count). The second-order valence-electron chi connectivity index (χ2n) is 3.96. The summed E-state index contributed by atoms with van der Waals surface area (Å²) in [6.07, 6.45) is 1.76. The Morgan fingerprint density at radius 1 is 1.43 bits per heavy atom. The zero-order valence-electron chi connectivity index (χ0n) is 9.71. The van der Waals surface area contributed by atoms with E-state index in [1.807, 2.05) is 32.6 Å². The molecule has 0 atom stereocenters. The maximum Gasteiger partial charge on any atom is 0.237 e. The van der Waals surface area contributed by atoms with E-state index in [2.05, 4.69) is 11.9 Å². The lowest BCUT2D eigenvalue weighted by Gasteiger charge is -2.26. The van der Waals surface area contributed by atoms with E-state index in [-0.39, 0.29) is 11.9 Å². The average molecular weight is 198 g/mol. The molecule has 0 radical (unpaired) electrons. The molecule has 0 aliphatic rings. The molecule has 0 aromatic carbocycles. The first-order chi connectivity index (χ1) is 6.49. The molecular weight excluding hydrogens is 176 g/mol. The van der Waals surface area contributed by atoms with Gasteiger partial charge in [-0.2, -0.15) is 0 Å². The Morgan fingerprint density at radius 3 is 2.36 bits per heavy atom. The van der Waals surface area contributed by atoms with Crippen LogP contribution in [0.15, 0.2) is 12.7 Å². The Balaban J connectivity index is 4.08. The van der Waals surface area contributed by atoms with E-state index in [0.717, 1.165) is 0 Å². The molecule has 0 aromatic heterocycles. The number of amides is 1. The molecule has 82 valence electrons. The van der Waals surface area contributed by atoms with Crippen molar-refractivity contribution in [3.63, 3.8) is 0 Å². The van der Waals surface area contributed by atoms with Crippen LogP contribution >= 0.6 is 0 Å². The summed E-state index contributed by atoms with van der Waals surface area (Å²) in [7, 11) is 0. The van der Waals surface area contributed by atoms with Crippen LogP contribution in [0, 0.1) is 0 Å². The fourth-order valence-corrected chi connectivity index (χ4v) is 1.13. The van der Waals surface area contributed by atoms with Gasteiger partial charge in [0.1, 0.15) is 0 Å². The summed E-state index contributed by atoms with van der Waals surface area (Å²) in [4.78, 5) is 13.5. The molecule has 3 heteroatoms. The minimum absolute atomic E-state index is 0.133. The molecule has 3 nitrogen and oxygen atoms in total. The van der Waals surface area contributed by atoms with Crippen molar-refractivity contribution < 1.29 is 4.79 Å². The van der Waals surface area contributed by atoms with Gasteiger partial charge < -0.3 is 10.2 Å². The van der Waals surface area contributed by atoms with Crippen molar-refractivity contribution in [3.05, 3.63) is 12.7 Å². The van der Waals surface area contributed by atoms with Gasteiger partial charge in [0.25, 0.3) is 0 Å². The second kappa shape index (κ2) is 6.60. The molecule has 0 aliphatic heterocycles. The highest BCUT2D eigenvalue weighted by atomic mass is 16.2. The third-order valence-corrected chi connectivity index (χ3v) is 1.93. The van der Waals surface area contributed by atoms with Gasteiger partial charge in [0, 0.05) is 18.6 Å². The number of carbonyl (C=O) groups is 1. The highest BCUT2D eigenvalue weighted by Gasteiger charge is 2.14. The molecular formula is C11H22N2O. The smallest absolute Gasteiger partial charge is 0.237 e. The molecule has 0 heterocycles. The highest BCUT2D eigenvalue weighted by Crippen LogP contribution is 1.98.